The van der Waals surface area contributed by atoms with Crippen LogP contribution in [-0.4, -0.2) is 5.91 Å². The maximum absolute atomic E-state index is 10.7. The second-order valence-corrected chi connectivity index (χ2v) is 3.82. The lowest BCUT2D eigenvalue weighted by Crippen LogP contribution is -2.17. The predicted molar refractivity (Wildman–Crippen MR) is 61.5 cm³/mol. The molecule has 3 nitrogen and oxygen atoms in total. The van der Waals surface area contributed by atoms with Crippen molar-refractivity contribution < 1.29 is 4.79 Å². The van der Waals surface area contributed by atoms with E-state index in [-0.39, 0.29) is 11.6 Å². The molecule has 0 aliphatic carbocycles. The third kappa shape index (κ3) is 3.96. The van der Waals surface area contributed by atoms with Crippen molar-refractivity contribution in [1.29, 1.82) is 5.26 Å². The Bertz CT molecular complexity index is 429. The Morgan fingerprint density at radius 2 is 2.07 bits per heavy atom. The van der Waals surface area contributed by atoms with E-state index in [4.69, 9.17) is 5.26 Å². The van der Waals surface area contributed by atoms with Gasteiger partial charge >= 0.3 is 0 Å². The predicted octanol–water partition coefficient (Wildman–Crippen LogP) is 2.45. The first-order chi connectivity index (χ1) is 7.11. The van der Waals surface area contributed by atoms with E-state index in [9.17, 15) is 4.79 Å². The van der Waals surface area contributed by atoms with Gasteiger partial charge in [0.05, 0.1) is 0 Å². The van der Waals surface area contributed by atoms with Gasteiger partial charge in [0, 0.05) is 11.4 Å². The maximum atomic E-state index is 10.7. The van der Waals surface area contributed by atoms with Gasteiger partial charge in [-0.1, -0.05) is 28.1 Å². The smallest absolute Gasteiger partial charge is 0.221 e. The van der Waals surface area contributed by atoms with Crippen molar-refractivity contribution in [2.75, 3.05) is 0 Å². The summed E-state index contributed by atoms with van der Waals surface area (Å²) in [5, 5.41) is 11.2. The van der Waals surface area contributed by atoms with E-state index in [1.807, 2.05) is 30.3 Å². The van der Waals surface area contributed by atoms with Gasteiger partial charge in [-0.2, -0.15) is 5.26 Å². The summed E-state index contributed by atoms with van der Waals surface area (Å²) in [7, 11) is 0. The van der Waals surface area contributed by atoms with Gasteiger partial charge in [0.2, 0.25) is 5.91 Å². The van der Waals surface area contributed by atoms with Crippen molar-refractivity contribution in [2.45, 2.75) is 6.92 Å². The standard InChI is InChI=1S/C11H9BrN2O/c1-8(15)14-11(7-13)6-9-2-4-10(12)5-3-9/h2-6H,1H3,(H,14,15)/b11-6+. The zero-order valence-corrected chi connectivity index (χ0v) is 9.71. The van der Waals surface area contributed by atoms with Crippen molar-refractivity contribution in [2.24, 2.45) is 0 Å². The van der Waals surface area contributed by atoms with E-state index >= 15 is 0 Å². The Hall–Kier alpha value is -1.60. The molecule has 0 spiro atoms. The first-order valence-corrected chi connectivity index (χ1v) is 5.06. The van der Waals surface area contributed by atoms with Crippen LogP contribution in [0, 0.1) is 11.3 Å². The summed E-state index contributed by atoms with van der Waals surface area (Å²) >= 11 is 3.31. The quantitative estimate of drug-likeness (QED) is 0.835. The molecule has 1 aromatic rings. The lowest BCUT2D eigenvalue weighted by atomic mass is 10.2. The molecule has 0 atom stereocenters. The van der Waals surface area contributed by atoms with Crippen LogP contribution in [0.15, 0.2) is 34.4 Å². The average Bonchev–Trinajstić information content (AvgIpc) is 2.19. The van der Waals surface area contributed by atoms with Gasteiger partial charge in [0.15, 0.2) is 0 Å². The molecule has 0 bridgehead atoms. The minimum atomic E-state index is -0.250. The molecule has 0 unspecified atom stereocenters. The van der Waals surface area contributed by atoms with Gasteiger partial charge in [-0.3, -0.25) is 4.79 Å². The Morgan fingerprint density at radius 3 is 2.53 bits per heavy atom. The molecule has 76 valence electrons. The van der Waals surface area contributed by atoms with Crippen LogP contribution in [0.4, 0.5) is 0 Å². The first-order valence-electron chi connectivity index (χ1n) is 4.27. The van der Waals surface area contributed by atoms with Crippen LogP contribution >= 0.6 is 15.9 Å². The van der Waals surface area contributed by atoms with E-state index in [0.717, 1.165) is 10.0 Å². The highest BCUT2D eigenvalue weighted by Crippen LogP contribution is 2.12. The van der Waals surface area contributed by atoms with Gasteiger partial charge in [0.25, 0.3) is 0 Å². The Labute approximate surface area is 96.5 Å². The average molecular weight is 265 g/mol. The molecular formula is C11H9BrN2O. The third-order valence-electron chi connectivity index (χ3n) is 1.61. The van der Waals surface area contributed by atoms with E-state index in [0.29, 0.717) is 0 Å². The van der Waals surface area contributed by atoms with Crippen molar-refractivity contribution in [1.82, 2.24) is 5.32 Å². The molecule has 15 heavy (non-hydrogen) atoms. The molecule has 1 amide bonds. The topological polar surface area (TPSA) is 52.9 Å². The molecule has 1 rings (SSSR count). The minimum Gasteiger partial charge on any atom is -0.318 e. The van der Waals surface area contributed by atoms with Crippen LogP contribution in [0.25, 0.3) is 6.08 Å². The van der Waals surface area contributed by atoms with Crippen LogP contribution in [0.5, 0.6) is 0 Å². The molecule has 0 aromatic heterocycles. The first kappa shape index (κ1) is 11.5. The summed E-state index contributed by atoms with van der Waals surface area (Å²) in [6.45, 7) is 1.37. The van der Waals surface area contributed by atoms with E-state index in [2.05, 4.69) is 21.2 Å². The number of nitrogens with one attached hydrogen (secondary N) is 1. The normalized spacial score (nSPS) is 10.6. The Morgan fingerprint density at radius 1 is 1.47 bits per heavy atom. The summed E-state index contributed by atoms with van der Waals surface area (Å²) in [5.41, 5.74) is 1.10. The highest BCUT2D eigenvalue weighted by molar-refractivity contribution is 9.10. The molecule has 0 saturated carbocycles. The zero-order chi connectivity index (χ0) is 11.3. The molecule has 0 aliphatic heterocycles. The SMILES string of the molecule is CC(=O)N/C(C#N)=C/c1ccc(Br)cc1. The van der Waals surface area contributed by atoms with Crippen molar-refractivity contribution in [3.8, 4) is 6.07 Å². The fourth-order valence-corrected chi connectivity index (χ4v) is 1.28. The lowest BCUT2D eigenvalue weighted by molar-refractivity contribution is -0.118. The van der Waals surface area contributed by atoms with Crippen LogP contribution in [0.2, 0.25) is 0 Å². The number of nitriles is 1. The van der Waals surface area contributed by atoms with E-state index in [1.165, 1.54) is 6.92 Å². The molecule has 0 saturated heterocycles. The molecule has 1 N–H and O–H groups in total. The highest BCUT2D eigenvalue weighted by atomic mass is 79.9. The Balaban J connectivity index is 2.89. The molecule has 0 heterocycles. The van der Waals surface area contributed by atoms with Crippen LogP contribution in [0.1, 0.15) is 12.5 Å². The van der Waals surface area contributed by atoms with Crippen molar-refractivity contribution >= 4 is 27.9 Å². The van der Waals surface area contributed by atoms with E-state index in [1.54, 1.807) is 6.08 Å². The fourth-order valence-electron chi connectivity index (χ4n) is 1.01. The Kier molecular flexibility index (Phi) is 4.07. The number of carbonyl (C=O) groups is 1. The summed E-state index contributed by atoms with van der Waals surface area (Å²) < 4.78 is 0.970. The van der Waals surface area contributed by atoms with Crippen LogP contribution < -0.4 is 5.32 Å². The third-order valence-corrected chi connectivity index (χ3v) is 2.14. The monoisotopic (exact) mass is 264 g/mol. The fraction of sp³-hybridized carbons (Fsp3) is 0.0909. The number of rotatable bonds is 2. The van der Waals surface area contributed by atoms with Gasteiger partial charge in [-0.05, 0) is 23.8 Å². The lowest BCUT2D eigenvalue weighted by Gasteiger charge is -1.99. The molecule has 0 fully saturated rings. The number of hydrogen-bond donors (Lipinski definition) is 1. The molecule has 0 aliphatic rings. The number of halogens is 1. The van der Waals surface area contributed by atoms with Crippen molar-refractivity contribution in [3.63, 3.8) is 0 Å². The number of hydrogen-bond acceptors (Lipinski definition) is 2. The highest BCUT2D eigenvalue weighted by Gasteiger charge is 1.98. The summed E-state index contributed by atoms with van der Waals surface area (Å²) in [4.78, 5) is 10.7. The molecular weight excluding hydrogens is 256 g/mol. The second-order valence-electron chi connectivity index (χ2n) is 2.90. The second kappa shape index (κ2) is 5.32. The number of carbonyl (C=O) groups excluding carboxylic acids is 1. The largest absolute Gasteiger partial charge is 0.318 e. The summed E-state index contributed by atoms with van der Waals surface area (Å²) in [6, 6.07) is 9.35. The number of amides is 1. The minimum absolute atomic E-state index is 0.241. The van der Waals surface area contributed by atoms with Crippen LogP contribution in [-0.2, 0) is 4.79 Å². The van der Waals surface area contributed by atoms with Gasteiger partial charge in [-0.25, -0.2) is 0 Å². The molecule has 4 heteroatoms. The number of allylic oxidation sites excluding steroid dienone is 1. The zero-order valence-electron chi connectivity index (χ0n) is 8.12. The van der Waals surface area contributed by atoms with E-state index < -0.39 is 0 Å². The maximum Gasteiger partial charge on any atom is 0.221 e. The number of benzene rings is 1. The number of nitrogens with zero attached hydrogens (tertiary/aromatic N) is 1. The molecule has 1 aromatic carbocycles. The van der Waals surface area contributed by atoms with Gasteiger partial charge in [0.1, 0.15) is 11.8 Å². The molecule has 0 radical (unpaired) electrons. The summed E-state index contributed by atoms with van der Waals surface area (Å²) in [6.07, 6.45) is 1.62. The van der Waals surface area contributed by atoms with Gasteiger partial charge in [-0.15, -0.1) is 0 Å². The van der Waals surface area contributed by atoms with Gasteiger partial charge < -0.3 is 5.32 Å². The van der Waals surface area contributed by atoms with Crippen LogP contribution in [0.3, 0.4) is 0 Å². The van der Waals surface area contributed by atoms with Crippen molar-refractivity contribution in [3.05, 3.63) is 40.0 Å². The summed E-state index contributed by atoms with van der Waals surface area (Å²) in [5.74, 6) is -0.250.